The molecule has 2 aliphatic heterocycles. The Balaban J connectivity index is 1.53. The Morgan fingerprint density at radius 1 is 1.08 bits per heavy atom. The predicted octanol–water partition coefficient (Wildman–Crippen LogP) is 2.38. The fraction of sp³-hybridized carbons (Fsp3) is 0.947. The SMILES string of the molecule is CN=C(NCC1CCOC1)NCC1(N2CCCCC2)CCCCC1. The third-order valence-electron chi connectivity index (χ3n) is 6.20. The van der Waals surface area contributed by atoms with Crippen LogP contribution >= 0.6 is 0 Å². The van der Waals surface area contributed by atoms with Crippen molar-refractivity contribution in [2.45, 2.75) is 63.3 Å². The van der Waals surface area contributed by atoms with Crippen molar-refractivity contribution in [3.05, 3.63) is 0 Å². The standard InChI is InChI=1S/C19H36N4O/c1-20-18(21-14-17-8-13-24-15-17)22-16-19(9-4-2-5-10-19)23-11-6-3-7-12-23/h17H,2-16H2,1H3,(H2,20,21,22). The first-order chi connectivity index (χ1) is 11.8. The minimum atomic E-state index is 0.354. The molecule has 2 heterocycles. The third kappa shape index (κ3) is 4.63. The molecule has 1 aliphatic carbocycles. The van der Waals surface area contributed by atoms with Crippen molar-refractivity contribution in [2.75, 3.05) is 46.4 Å². The summed E-state index contributed by atoms with van der Waals surface area (Å²) in [6, 6.07) is 0. The number of ether oxygens (including phenoxy) is 1. The molecule has 24 heavy (non-hydrogen) atoms. The van der Waals surface area contributed by atoms with Gasteiger partial charge in [-0.15, -0.1) is 0 Å². The van der Waals surface area contributed by atoms with Crippen molar-refractivity contribution in [3.63, 3.8) is 0 Å². The molecule has 0 aromatic carbocycles. The molecule has 2 saturated heterocycles. The molecule has 5 heteroatoms. The van der Waals surface area contributed by atoms with Gasteiger partial charge < -0.3 is 15.4 Å². The zero-order valence-electron chi connectivity index (χ0n) is 15.5. The van der Waals surface area contributed by atoms with E-state index in [2.05, 4.69) is 20.5 Å². The van der Waals surface area contributed by atoms with Crippen LogP contribution in [-0.2, 0) is 4.74 Å². The summed E-state index contributed by atoms with van der Waals surface area (Å²) in [4.78, 5) is 7.24. The van der Waals surface area contributed by atoms with Crippen LogP contribution in [0.15, 0.2) is 4.99 Å². The molecule has 5 nitrogen and oxygen atoms in total. The Hall–Kier alpha value is -0.810. The molecule has 0 radical (unpaired) electrons. The number of hydrogen-bond acceptors (Lipinski definition) is 3. The van der Waals surface area contributed by atoms with Crippen LogP contribution < -0.4 is 10.6 Å². The fourth-order valence-corrected chi connectivity index (χ4v) is 4.64. The molecular weight excluding hydrogens is 300 g/mol. The maximum Gasteiger partial charge on any atom is 0.191 e. The Bertz CT molecular complexity index is 394. The molecule has 1 atom stereocenters. The van der Waals surface area contributed by atoms with E-state index in [-0.39, 0.29) is 0 Å². The molecule has 138 valence electrons. The van der Waals surface area contributed by atoms with E-state index in [1.807, 2.05) is 7.05 Å². The lowest BCUT2D eigenvalue weighted by atomic mass is 9.79. The lowest BCUT2D eigenvalue weighted by molar-refractivity contribution is 0.0368. The summed E-state index contributed by atoms with van der Waals surface area (Å²) in [5, 5.41) is 7.17. The molecule has 3 fully saturated rings. The molecule has 0 aromatic rings. The lowest BCUT2D eigenvalue weighted by Crippen LogP contribution is -2.59. The fourth-order valence-electron chi connectivity index (χ4n) is 4.64. The Morgan fingerprint density at radius 2 is 1.83 bits per heavy atom. The number of piperidine rings is 1. The Labute approximate surface area is 147 Å². The van der Waals surface area contributed by atoms with Gasteiger partial charge in [0.2, 0.25) is 0 Å². The van der Waals surface area contributed by atoms with Crippen LogP contribution in [0.3, 0.4) is 0 Å². The first-order valence-electron chi connectivity index (χ1n) is 10.1. The van der Waals surface area contributed by atoms with Gasteiger partial charge in [-0.2, -0.15) is 0 Å². The normalized spacial score (nSPS) is 28.7. The minimum absolute atomic E-state index is 0.354. The molecule has 0 bridgehead atoms. The quantitative estimate of drug-likeness (QED) is 0.598. The van der Waals surface area contributed by atoms with Gasteiger partial charge in [0.15, 0.2) is 5.96 Å². The van der Waals surface area contributed by atoms with Gasteiger partial charge in [0.05, 0.1) is 6.61 Å². The largest absolute Gasteiger partial charge is 0.381 e. The highest BCUT2D eigenvalue weighted by Gasteiger charge is 2.38. The van der Waals surface area contributed by atoms with E-state index >= 15 is 0 Å². The molecule has 1 unspecified atom stereocenters. The second kappa shape index (κ2) is 9.04. The van der Waals surface area contributed by atoms with Crippen molar-refractivity contribution in [2.24, 2.45) is 10.9 Å². The second-order valence-corrected chi connectivity index (χ2v) is 7.87. The highest BCUT2D eigenvalue weighted by atomic mass is 16.5. The Morgan fingerprint density at radius 3 is 2.50 bits per heavy atom. The van der Waals surface area contributed by atoms with Crippen LogP contribution in [0.2, 0.25) is 0 Å². The van der Waals surface area contributed by atoms with Gasteiger partial charge in [0.1, 0.15) is 0 Å². The average Bonchev–Trinajstić information content (AvgIpc) is 3.17. The summed E-state index contributed by atoms with van der Waals surface area (Å²) in [5.41, 5.74) is 0.354. The molecular formula is C19H36N4O. The molecule has 3 rings (SSSR count). The predicted molar refractivity (Wildman–Crippen MR) is 99.5 cm³/mol. The molecule has 0 aromatic heterocycles. The summed E-state index contributed by atoms with van der Waals surface area (Å²) in [5.74, 6) is 1.60. The smallest absolute Gasteiger partial charge is 0.191 e. The summed E-state index contributed by atoms with van der Waals surface area (Å²) < 4.78 is 5.47. The van der Waals surface area contributed by atoms with Crippen LogP contribution in [0.4, 0.5) is 0 Å². The summed E-state index contributed by atoms with van der Waals surface area (Å²) in [7, 11) is 1.88. The first-order valence-corrected chi connectivity index (χ1v) is 10.1. The number of guanidine groups is 1. The highest BCUT2D eigenvalue weighted by Crippen LogP contribution is 2.35. The van der Waals surface area contributed by atoms with E-state index in [0.717, 1.165) is 32.3 Å². The van der Waals surface area contributed by atoms with E-state index in [0.29, 0.717) is 11.5 Å². The number of nitrogens with zero attached hydrogens (tertiary/aromatic N) is 2. The zero-order chi connectivity index (χ0) is 16.7. The Kier molecular flexibility index (Phi) is 6.78. The van der Waals surface area contributed by atoms with Crippen molar-refractivity contribution in [1.29, 1.82) is 0 Å². The topological polar surface area (TPSA) is 48.9 Å². The number of hydrogen-bond donors (Lipinski definition) is 2. The van der Waals surface area contributed by atoms with Gasteiger partial charge in [-0.05, 0) is 45.2 Å². The van der Waals surface area contributed by atoms with Crippen LogP contribution in [-0.4, -0.2) is 62.8 Å². The van der Waals surface area contributed by atoms with Crippen molar-refractivity contribution >= 4 is 5.96 Å². The summed E-state index contributed by atoms with van der Waals surface area (Å²) in [6.45, 7) is 6.38. The number of nitrogens with one attached hydrogen (secondary N) is 2. The van der Waals surface area contributed by atoms with E-state index in [1.165, 1.54) is 70.9 Å². The van der Waals surface area contributed by atoms with Gasteiger partial charge in [-0.3, -0.25) is 9.89 Å². The molecule has 0 amide bonds. The van der Waals surface area contributed by atoms with Gasteiger partial charge in [0.25, 0.3) is 0 Å². The molecule has 3 aliphatic rings. The maximum absolute atomic E-state index is 5.47. The summed E-state index contributed by atoms with van der Waals surface area (Å²) >= 11 is 0. The molecule has 1 saturated carbocycles. The number of rotatable bonds is 5. The van der Waals surface area contributed by atoms with E-state index in [4.69, 9.17) is 4.74 Å². The molecule has 0 spiro atoms. The van der Waals surface area contributed by atoms with Crippen LogP contribution in [0, 0.1) is 5.92 Å². The van der Waals surface area contributed by atoms with Crippen LogP contribution in [0.5, 0.6) is 0 Å². The van der Waals surface area contributed by atoms with E-state index < -0.39 is 0 Å². The minimum Gasteiger partial charge on any atom is -0.381 e. The van der Waals surface area contributed by atoms with Crippen molar-refractivity contribution < 1.29 is 4.74 Å². The third-order valence-corrected chi connectivity index (χ3v) is 6.20. The zero-order valence-corrected chi connectivity index (χ0v) is 15.5. The summed E-state index contributed by atoms with van der Waals surface area (Å²) in [6.07, 6.45) is 12.2. The van der Waals surface area contributed by atoms with Gasteiger partial charge in [-0.25, -0.2) is 0 Å². The highest BCUT2D eigenvalue weighted by molar-refractivity contribution is 5.79. The number of aliphatic imine (C=N–C) groups is 1. The van der Waals surface area contributed by atoms with Crippen molar-refractivity contribution in [3.8, 4) is 0 Å². The van der Waals surface area contributed by atoms with Crippen molar-refractivity contribution in [1.82, 2.24) is 15.5 Å². The lowest BCUT2D eigenvalue weighted by Gasteiger charge is -2.48. The van der Waals surface area contributed by atoms with Crippen LogP contribution in [0.25, 0.3) is 0 Å². The molecule has 2 N–H and O–H groups in total. The number of likely N-dealkylation sites (tertiary alicyclic amines) is 1. The van der Waals surface area contributed by atoms with E-state index in [1.54, 1.807) is 0 Å². The van der Waals surface area contributed by atoms with Gasteiger partial charge >= 0.3 is 0 Å². The van der Waals surface area contributed by atoms with Gasteiger partial charge in [-0.1, -0.05) is 25.7 Å². The maximum atomic E-state index is 5.47. The monoisotopic (exact) mass is 336 g/mol. The van der Waals surface area contributed by atoms with Crippen LogP contribution in [0.1, 0.15) is 57.8 Å². The van der Waals surface area contributed by atoms with E-state index in [9.17, 15) is 0 Å². The van der Waals surface area contributed by atoms with Gasteiger partial charge in [0, 0.05) is 38.2 Å². The average molecular weight is 337 g/mol. The first kappa shape index (κ1) is 18.0. The second-order valence-electron chi connectivity index (χ2n) is 7.87.